The molecule has 0 saturated carbocycles. The standard InChI is InChI=1S/C14H13BrN2S/c1-10(11-2-4-12(15)5-3-11)17-9-14-7-6-13(8-16)18-14/h2-7,10,17H,9H2,1H3/t10-/m1/s1. The van der Waals surface area contributed by atoms with Gasteiger partial charge in [0.1, 0.15) is 10.9 Å². The lowest BCUT2D eigenvalue weighted by atomic mass is 10.1. The Bertz CT molecular complexity index is 554. The summed E-state index contributed by atoms with van der Waals surface area (Å²) < 4.78 is 1.09. The minimum Gasteiger partial charge on any atom is -0.305 e. The molecule has 0 aliphatic carbocycles. The first-order chi connectivity index (χ1) is 8.69. The number of nitrogens with one attached hydrogen (secondary N) is 1. The molecule has 18 heavy (non-hydrogen) atoms. The van der Waals surface area contributed by atoms with Crippen LogP contribution in [0.4, 0.5) is 0 Å². The molecule has 4 heteroatoms. The second-order valence-electron chi connectivity index (χ2n) is 4.03. The van der Waals surface area contributed by atoms with Crippen molar-refractivity contribution in [3.63, 3.8) is 0 Å². The molecule has 0 aliphatic rings. The van der Waals surface area contributed by atoms with E-state index in [1.807, 2.05) is 24.3 Å². The topological polar surface area (TPSA) is 35.8 Å². The van der Waals surface area contributed by atoms with Crippen LogP contribution >= 0.6 is 27.3 Å². The Labute approximate surface area is 119 Å². The van der Waals surface area contributed by atoms with Crippen LogP contribution in [0.25, 0.3) is 0 Å². The van der Waals surface area contributed by atoms with Crippen LogP contribution in [0.5, 0.6) is 0 Å². The first-order valence-electron chi connectivity index (χ1n) is 5.66. The van der Waals surface area contributed by atoms with Gasteiger partial charge in [0.15, 0.2) is 0 Å². The molecule has 1 N–H and O–H groups in total. The van der Waals surface area contributed by atoms with E-state index in [1.54, 1.807) is 11.3 Å². The van der Waals surface area contributed by atoms with Crippen molar-refractivity contribution in [2.75, 3.05) is 0 Å². The molecule has 0 spiro atoms. The number of halogens is 1. The Morgan fingerprint density at radius 3 is 2.61 bits per heavy atom. The number of benzene rings is 1. The molecule has 1 atom stereocenters. The minimum atomic E-state index is 0.297. The maximum atomic E-state index is 8.77. The predicted octanol–water partition coefficient (Wildman–Crippen LogP) is 4.23. The summed E-state index contributed by atoms with van der Waals surface area (Å²) in [7, 11) is 0. The molecule has 2 rings (SSSR count). The first kappa shape index (κ1) is 13.3. The highest BCUT2D eigenvalue weighted by molar-refractivity contribution is 9.10. The molecule has 0 saturated heterocycles. The van der Waals surface area contributed by atoms with Crippen LogP contribution in [-0.2, 0) is 6.54 Å². The van der Waals surface area contributed by atoms with Gasteiger partial charge in [0, 0.05) is 21.9 Å². The summed E-state index contributed by atoms with van der Waals surface area (Å²) in [5.74, 6) is 0. The Kier molecular flexibility index (Phi) is 4.54. The molecule has 1 heterocycles. The number of hydrogen-bond acceptors (Lipinski definition) is 3. The lowest BCUT2D eigenvalue weighted by Crippen LogP contribution is -2.17. The quantitative estimate of drug-likeness (QED) is 0.914. The van der Waals surface area contributed by atoms with Gasteiger partial charge in [-0.05, 0) is 36.8 Å². The molecule has 0 amide bonds. The Hall–Kier alpha value is -1.15. The van der Waals surface area contributed by atoms with Gasteiger partial charge in [0.2, 0.25) is 0 Å². The fourth-order valence-electron chi connectivity index (χ4n) is 1.66. The van der Waals surface area contributed by atoms with Gasteiger partial charge < -0.3 is 5.32 Å². The van der Waals surface area contributed by atoms with Crippen molar-refractivity contribution < 1.29 is 0 Å². The van der Waals surface area contributed by atoms with Crippen molar-refractivity contribution in [3.05, 3.63) is 56.2 Å². The van der Waals surface area contributed by atoms with Crippen LogP contribution in [0, 0.1) is 11.3 Å². The number of thiophene rings is 1. The highest BCUT2D eigenvalue weighted by Crippen LogP contribution is 2.19. The monoisotopic (exact) mass is 320 g/mol. The van der Waals surface area contributed by atoms with E-state index in [4.69, 9.17) is 5.26 Å². The van der Waals surface area contributed by atoms with Crippen LogP contribution in [0.3, 0.4) is 0 Å². The van der Waals surface area contributed by atoms with Crippen LogP contribution in [0.15, 0.2) is 40.9 Å². The largest absolute Gasteiger partial charge is 0.305 e. The van der Waals surface area contributed by atoms with Gasteiger partial charge >= 0.3 is 0 Å². The van der Waals surface area contributed by atoms with E-state index in [9.17, 15) is 0 Å². The summed E-state index contributed by atoms with van der Waals surface area (Å²) >= 11 is 4.97. The van der Waals surface area contributed by atoms with Crippen LogP contribution < -0.4 is 5.32 Å². The van der Waals surface area contributed by atoms with Crippen molar-refractivity contribution >= 4 is 27.3 Å². The van der Waals surface area contributed by atoms with Gasteiger partial charge in [0.25, 0.3) is 0 Å². The third-order valence-corrected chi connectivity index (χ3v) is 4.24. The average Bonchev–Trinajstić information content (AvgIpc) is 2.85. The minimum absolute atomic E-state index is 0.297. The van der Waals surface area contributed by atoms with Crippen molar-refractivity contribution in [3.8, 4) is 6.07 Å². The summed E-state index contributed by atoms with van der Waals surface area (Å²) in [5.41, 5.74) is 1.26. The lowest BCUT2D eigenvalue weighted by molar-refractivity contribution is 0.579. The summed E-state index contributed by atoms with van der Waals surface area (Å²) in [4.78, 5) is 1.96. The number of hydrogen-bond donors (Lipinski definition) is 1. The smallest absolute Gasteiger partial charge is 0.110 e. The Morgan fingerprint density at radius 1 is 1.28 bits per heavy atom. The Balaban J connectivity index is 1.94. The molecule has 1 aromatic heterocycles. The zero-order valence-corrected chi connectivity index (χ0v) is 12.4. The fraction of sp³-hybridized carbons (Fsp3) is 0.214. The van der Waals surface area contributed by atoms with E-state index in [2.05, 4.69) is 46.4 Å². The number of rotatable bonds is 4. The Morgan fingerprint density at radius 2 is 2.00 bits per heavy atom. The summed E-state index contributed by atoms with van der Waals surface area (Å²) in [6.07, 6.45) is 0. The average molecular weight is 321 g/mol. The van der Waals surface area contributed by atoms with E-state index in [1.165, 1.54) is 10.4 Å². The molecule has 92 valence electrons. The van der Waals surface area contributed by atoms with Crippen molar-refractivity contribution in [1.29, 1.82) is 5.26 Å². The highest BCUT2D eigenvalue weighted by Gasteiger charge is 2.05. The van der Waals surface area contributed by atoms with Gasteiger partial charge in [-0.2, -0.15) is 5.26 Å². The van der Waals surface area contributed by atoms with Crippen molar-refractivity contribution in [2.45, 2.75) is 19.5 Å². The zero-order valence-electron chi connectivity index (χ0n) is 9.98. The van der Waals surface area contributed by atoms with Gasteiger partial charge in [-0.3, -0.25) is 0 Å². The third-order valence-electron chi connectivity index (χ3n) is 2.72. The lowest BCUT2D eigenvalue weighted by Gasteiger charge is -2.13. The van der Waals surface area contributed by atoms with E-state index in [0.29, 0.717) is 6.04 Å². The summed E-state index contributed by atoms with van der Waals surface area (Å²) in [6, 6.07) is 14.6. The molecule has 0 aliphatic heterocycles. The molecule has 1 aromatic carbocycles. The van der Waals surface area contributed by atoms with Gasteiger partial charge in [-0.1, -0.05) is 28.1 Å². The molecule has 0 unspecified atom stereocenters. The van der Waals surface area contributed by atoms with E-state index in [-0.39, 0.29) is 0 Å². The predicted molar refractivity (Wildman–Crippen MR) is 78.4 cm³/mol. The van der Waals surface area contributed by atoms with E-state index >= 15 is 0 Å². The van der Waals surface area contributed by atoms with Crippen molar-refractivity contribution in [2.24, 2.45) is 0 Å². The second kappa shape index (κ2) is 6.14. The maximum absolute atomic E-state index is 8.77. The zero-order chi connectivity index (χ0) is 13.0. The van der Waals surface area contributed by atoms with Gasteiger partial charge in [-0.15, -0.1) is 11.3 Å². The molecule has 2 aromatic rings. The van der Waals surface area contributed by atoms with E-state index < -0.39 is 0 Å². The summed E-state index contributed by atoms with van der Waals surface area (Å²) in [5, 5.41) is 12.2. The second-order valence-corrected chi connectivity index (χ2v) is 6.12. The first-order valence-corrected chi connectivity index (χ1v) is 7.27. The molecular formula is C14H13BrN2S. The SMILES string of the molecule is C[C@@H](NCc1ccc(C#N)s1)c1ccc(Br)cc1. The number of nitrogens with zero attached hydrogens (tertiary/aromatic N) is 1. The van der Waals surface area contributed by atoms with Crippen LogP contribution in [-0.4, -0.2) is 0 Å². The van der Waals surface area contributed by atoms with Gasteiger partial charge in [0.05, 0.1) is 0 Å². The molecule has 0 bridgehead atoms. The fourth-order valence-corrected chi connectivity index (χ4v) is 2.68. The third kappa shape index (κ3) is 3.42. The maximum Gasteiger partial charge on any atom is 0.110 e. The normalized spacial score (nSPS) is 12.1. The van der Waals surface area contributed by atoms with Crippen LogP contribution in [0.2, 0.25) is 0 Å². The van der Waals surface area contributed by atoms with Crippen LogP contribution in [0.1, 0.15) is 28.3 Å². The van der Waals surface area contributed by atoms with Gasteiger partial charge in [-0.25, -0.2) is 0 Å². The summed E-state index contributed by atoms with van der Waals surface area (Å²) in [6.45, 7) is 2.94. The van der Waals surface area contributed by atoms with Crippen molar-refractivity contribution in [1.82, 2.24) is 5.32 Å². The molecule has 2 nitrogen and oxygen atoms in total. The molecule has 0 fully saturated rings. The molecule has 0 radical (unpaired) electrons. The highest BCUT2D eigenvalue weighted by atomic mass is 79.9. The van der Waals surface area contributed by atoms with E-state index in [0.717, 1.165) is 15.9 Å². The number of nitriles is 1. The molecular weight excluding hydrogens is 308 g/mol.